The molecule has 8 heteroatoms. The third kappa shape index (κ3) is 4.88. The molecule has 0 amide bonds. The van der Waals surface area contributed by atoms with Crippen LogP contribution in [0, 0.1) is 5.92 Å². The summed E-state index contributed by atoms with van der Waals surface area (Å²) in [6, 6.07) is 7.99. The van der Waals surface area contributed by atoms with Crippen molar-refractivity contribution in [2.24, 2.45) is 5.92 Å². The van der Waals surface area contributed by atoms with Crippen LogP contribution in [0.5, 0.6) is 0 Å². The maximum absolute atomic E-state index is 13.4. The molecule has 30 heavy (non-hydrogen) atoms. The van der Waals surface area contributed by atoms with Crippen LogP contribution in [0.2, 0.25) is 0 Å². The first-order chi connectivity index (χ1) is 14.5. The number of thioether (sulfide) groups is 1. The zero-order valence-corrected chi connectivity index (χ0v) is 17.8. The number of rotatable bonds is 6. The minimum absolute atomic E-state index is 0.0104. The van der Waals surface area contributed by atoms with Crippen molar-refractivity contribution in [3.05, 3.63) is 47.0 Å². The van der Waals surface area contributed by atoms with Gasteiger partial charge in [0.15, 0.2) is 0 Å². The fraction of sp³-hybridized carbons (Fsp3) is 0.545. The van der Waals surface area contributed by atoms with Crippen molar-refractivity contribution in [3.63, 3.8) is 0 Å². The van der Waals surface area contributed by atoms with E-state index in [2.05, 4.69) is 14.7 Å². The Morgan fingerprint density at radius 3 is 2.40 bits per heavy atom. The number of para-hydroxylation sites is 1. The number of nitrogens with zero attached hydrogens (tertiary/aromatic N) is 3. The van der Waals surface area contributed by atoms with Gasteiger partial charge >= 0.3 is 6.18 Å². The number of hydrogen-bond acceptors (Lipinski definition) is 5. The zero-order chi connectivity index (χ0) is 21.1. The number of allylic oxidation sites excluding steroid dienone is 3. The van der Waals surface area contributed by atoms with E-state index in [1.54, 1.807) is 17.8 Å². The van der Waals surface area contributed by atoms with E-state index in [0.717, 1.165) is 66.9 Å². The summed E-state index contributed by atoms with van der Waals surface area (Å²) >= 11 is 1.57. The molecular weight excluding hydrogens is 411 g/mol. The van der Waals surface area contributed by atoms with Crippen molar-refractivity contribution in [2.75, 3.05) is 57.3 Å². The van der Waals surface area contributed by atoms with Crippen LogP contribution in [0.25, 0.3) is 0 Å². The van der Waals surface area contributed by atoms with Crippen molar-refractivity contribution in [1.29, 1.82) is 0 Å². The van der Waals surface area contributed by atoms with E-state index in [4.69, 9.17) is 5.11 Å². The summed E-state index contributed by atoms with van der Waals surface area (Å²) < 4.78 is 40.1. The third-order valence-corrected chi connectivity index (χ3v) is 7.19. The van der Waals surface area contributed by atoms with Gasteiger partial charge in [-0.25, -0.2) is 0 Å². The Labute approximate surface area is 180 Å². The molecule has 1 aromatic rings. The van der Waals surface area contributed by atoms with Gasteiger partial charge in [-0.05, 0) is 31.2 Å². The molecule has 2 aliphatic heterocycles. The fourth-order valence-corrected chi connectivity index (χ4v) is 5.48. The molecule has 1 atom stereocenters. The lowest BCUT2D eigenvalue weighted by Gasteiger charge is -2.39. The summed E-state index contributed by atoms with van der Waals surface area (Å²) in [7, 11) is 0. The second-order valence-corrected chi connectivity index (χ2v) is 9.09. The van der Waals surface area contributed by atoms with Gasteiger partial charge < -0.3 is 14.9 Å². The van der Waals surface area contributed by atoms with Gasteiger partial charge in [-0.2, -0.15) is 13.2 Å². The number of hydrogen-bond donors (Lipinski definition) is 1. The molecule has 0 radical (unpaired) electrons. The monoisotopic (exact) mass is 439 g/mol. The van der Waals surface area contributed by atoms with E-state index in [-0.39, 0.29) is 13.0 Å². The van der Waals surface area contributed by atoms with Crippen LogP contribution in [-0.4, -0.2) is 73.5 Å². The Morgan fingerprint density at radius 1 is 1.00 bits per heavy atom. The molecule has 0 bridgehead atoms. The number of aliphatic hydroxyl groups excluding tert-OH is 1. The van der Waals surface area contributed by atoms with Gasteiger partial charge in [0.25, 0.3) is 0 Å². The molecule has 1 aromatic carbocycles. The maximum atomic E-state index is 13.4. The molecule has 1 unspecified atom stereocenters. The van der Waals surface area contributed by atoms with Crippen LogP contribution in [0.4, 0.5) is 18.9 Å². The molecule has 4 rings (SSSR count). The average molecular weight is 440 g/mol. The van der Waals surface area contributed by atoms with E-state index in [1.165, 1.54) is 6.08 Å². The summed E-state index contributed by atoms with van der Waals surface area (Å²) in [5.74, 6) is -1.41. The lowest BCUT2D eigenvalue weighted by Crippen LogP contribution is -2.47. The molecular formula is C22H28F3N3OS. The van der Waals surface area contributed by atoms with Crippen molar-refractivity contribution in [1.82, 2.24) is 9.80 Å². The Bertz CT molecular complexity index is 803. The van der Waals surface area contributed by atoms with Gasteiger partial charge in [-0.3, -0.25) is 4.90 Å². The van der Waals surface area contributed by atoms with Crippen LogP contribution < -0.4 is 4.90 Å². The number of anilines is 1. The lowest BCUT2D eigenvalue weighted by molar-refractivity contribution is -0.161. The highest BCUT2D eigenvalue weighted by atomic mass is 32.2. The second-order valence-electron chi connectivity index (χ2n) is 8.00. The highest BCUT2D eigenvalue weighted by molar-refractivity contribution is 8.03. The van der Waals surface area contributed by atoms with Crippen molar-refractivity contribution in [2.45, 2.75) is 23.9 Å². The maximum Gasteiger partial charge on any atom is 0.395 e. The number of alkyl halides is 3. The molecule has 0 spiro atoms. The van der Waals surface area contributed by atoms with Crippen LogP contribution >= 0.6 is 11.8 Å². The van der Waals surface area contributed by atoms with E-state index in [0.29, 0.717) is 6.54 Å². The number of aliphatic hydroxyl groups is 1. The van der Waals surface area contributed by atoms with Crippen molar-refractivity contribution in [3.8, 4) is 0 Å². The van der Waals surface area contributed by atoms with Crippen molar-refractivity contribution >= 4 is 17.4 Å². The molecule has 1 saturated heterocycles. The molecule has 2 heterocycles. The van der Waals surface area contributed by atoms with E-state index >= 15 is 0 Å². The Morgan fingerprint density at radius 2 is 1.70 bits per heavy atom. The predicted octanol–water partition coefficient (Wildman–Crippen LogP) is 3.95. The van der Waals surface area contributed by atoms with Crippen LogP contribution in [0.15, 0.2) is 51.9 Å². The fourth-order valence-electron chi connectivity index (χ4n) is 4.35. The number of fused-ring (bicyclic) bond motifs is 1. The van der Waals surface area contributed by atoms with Crippen LogP contribution in [-0.2, 0) is 0 Å². The van der Waals surface area contributed by atoms with Gasteiger partial charge in [0.05, 0.1) is 18.2 Å². The van der Waals surface area contributed by atoms with Gasteiger partial charge in [-0.1, -0.05) is 30.0 Å². The Kier molecular flexibility index (Phi) is 6.77. The molecule has 1 N–H and O–H groups in total. The molecule has 3 aliphatic rings. The first kappa shape index (κ1) is 21.7. The standard InChI is InChI=1S/C22H28F3N3OS/c23-22(24,25)17-6-7-21-19(16-17)28(18-4-1-2-5-20(18)30-21)9-3-8-26-10-12-27(13-11-26)14-15-29/h1-2,4-7,17,29H,3,8-16H2. The predicted molar refractivity (Wildman–Crippen MR) is 115 cm³/mol. The van der Waals surface area contributed by atoms with Gasteiger partial charge in [0.2, 0.25) is 0 Å². The molecule has 0 aromatic heterocycles. The van der Waals surface area contributed by atoms with Gasteiger partial charge in [0, 0.05) is 61.2 Å². The molecule has 1 fully saturated rings. The van der Waals surface area contributed by atoms with E-state index in [1.807, 2.05) is 24.3 Å². The quantitative estimate of drug-likeness (QED) is 0.725. The lowest BCUT2D eigenvalue weighted by atomic mass is 9.96. The molecule has 1 aliphatic carbocycles. The first-order valence-corrected chi connectivity index (χ1v) is 11.4. The summed E-state index contributed by atoms with van der Waals surface area (Å²) in [4.78, 5) is 8.83. The largest absolute Gasteiger partial charge is 0.395 e. The minimum Gasteiger partial charge on any atom is -0.395 e. The van der Waals surface area contributed by atoms with Crippen molar-refractivity contribution < 1.29 is 18.3 Å². The highest BCUT2D eigenvalue weighted by Crippen LogP contribution is 2.49. The highest BCUT2D eigenvalue weighted by Gasteiger charge is 2.41. The number of piperazine rings is 1. The Hall–Kier alpha value is -1.48. The number of benzene rings is 1. The summed E-state index contributed by atoms with van der Waals surface area (Å²) in [6.45, 7) is 6.41. The summed E-state index contributed by atoms with van der Waals surface area (Å²) in [5.41, 5.74) is 1.82. The minimum atomic E-state index is -4.21. The van der Waals surface area contributed by atoms with Crippen LogP contribution in [0.1, 0.15) is 12.8 Å². The number of β-amino-alcohol motifs (C(OH)–C–C–N with tert-alkyl or cyclic N) is 1. The Balaban J connectivity index is 1.42. The first-order valence-electron chi connectivity index (χ1n) is 10.5. The molecule has 164 valence electrons. The number of halogens is 3. The summed E-state index contributed by atoms with van der Waals surface area (Å²) in [5, 5.41) is 9.07. The average Bonchev–Trinajstić information content (AvgIpc) is 2.73. The molecule has 4 nitrogen and oxygen atoms in total. The SMILES string of the molecule is OCCN1CCN(CCCN2C3=C(C=CC(C(F)(F)F)C3)Sc3ccccc32)CC1. The summed E-state index contributed by atoms with van der Waals surface area (Å²) in [6.07, 6.45) is -0.335. The topological polar surface area (TPSA) is 30.0 Å². The normalized spacial score (nSPS) is 22.9. The van der Waals surface area contributed by atoms with Crippen LogP contribution in [0.3, 0.4) is 0 Å². The third-order valence-electron chi connectivity index (χ3n) is 6.04. The smallest absolute Gasteiger partial charge is 0.395 e. The molecule has 0 saturated carbocycles. The van der Waals surface area contributed by atoms with E-state index in [9.17, 15) is 13.2 Å². The van der Waals surface area contributed by atoms with Gasteiger partial charge in [-0.15, -0.1) is 0 Å². The van der Waals surface area contributed by atoms with Gasteiger partial charge in [0.1, 0.15) is 0 Å². The second kappa shape index (κ2) is 9.34. The van der Waals surface area contributed by atoms with E-state index < -0.39 is 12.1 Å². The zero-order valence-electron chi connectivity index (χ0n) is 16.9.